The van der Waals surface area contributed by atoms with Crippen LogP contribution >= 0.6 is 23.4 Å². The largest absolute Gasteiger partial charge is 0.351 e. The van der Waals surface area contributed by atoms with Crippen LogP contribution in [-0.4, -0.2) is 23.3 Å². The summed E-state index contributed by atoms with van der Waals surface area (Å²) in [6.07, 6.45) is 1.93. The summed E-state index contributed by atoms with van der Waals surface area (Å²) in [4.78, 5) is 11.4. The molecule has 1 rings (SSSR count). The van der Waals surface area contributed by atoms with E-state index in [1.807, 2.05) is 36.6 Å². The van der Waals surface area contributed by atoms with Crippen molar-refractivity contribution in [1.82, 2.24) is 5.32 Å². The van der Waals surface area contributed by atoms with Crippen molar-refractivity contribution in [3.8, 4) is 0 Å². The number of nitrogens with one attached hydrogen (secondary N) is 1. The van der Waals surface area contributed by atoms with E-state index in [1.165, 1.54) is 0 Å². The summed E-state index contributed by atoms with van der Waals surface area (Å²) in [5, 5.41) is 2.36. The van der Waals surface area contributed by atoms with Crippen LogP contribution in [0, 0.1) is 0 Å². The lowest BCUT2D eigenvalue weighted by Gasteiger charge is -2.09. The van der Waals surface area contributed by atoms with Crippen molar-refractivity contribution >= 4 is 29.3 Å². The lowest BCUT2D eigenvalue weighted by molar-refractivity contribution is -0.120. The van der Waals surface area contributed by atoms with Gasteiger partial charge in [0.25, 0.3) is 0 Å². The predicted octanol–water partition coefficient (Wildman–Crippen LogP) is 2.27. The van der Waals surface area contributed by atoms with E-state index in [-0.39, 0.29) is 5.91 Å². The van der Waals surface area contributed by atoms with E-state index in [2.05, 4.69) is 5.32 Å². The molecule has 82 valence electrons. The van der Waals surface area contributed by atoms with Crippen LogP contribution in [-0.2, 0) is 11.3 Å². The van der Waals surface area contributed by atoms with Gasteiger partial charge in [-0.25, -0.2) is 0 Å². The van der Waals surface area contributed by atoms with Gasteiger partial charge in [-0.2, -0.15) is 11.8 Å². The van der Waals surface area contributed by atoms with Crippen molar-refractivity contribution in [3.05, 3.63) is 35.9 Å². The summed E-state index contributed by atoms with van der Waals surface area (Å²) in [6, 6.07) is 9.78. The van der Waals surface area contributed by atoms with E-state index in [9.17, 15) is 4.79 Å². The minimum absolute atomic E-state index is 0.102. The number of rotatable bonds is 5. The molecule has 1 N–H and O–H groups in total. The summed E-state index contributed by atoms with van der Waals surface area (Å²) in [5.41, 5.74) is 1.08. The lowest BCUT2D eigenvalue weighted by Crippen LogP contribution is -2.32. The predicted molar refractivity (Wildman–Crippen MR) is 66.3 cm³/mol. The zero-order valence-electron chi connectivity index (χ0n) is 8.57. The highest BCUT2D eigenvalue weighted by Crippen LogP contribution is 2.05. The van der Waals surface area contributed by atoms with Crippen molar-refractivity contribution in [2.75, 3.05) is 12.0 Å². The molecule has 0 spiro atoms. The molecule has 1 aromatic carbocycles. The Morgan fingerprint density at radius 2 is 2.13 bits per heavy atom. The fourth-order valence-electron chi connectivity index (χ4n) is 1.12. The molecule has 0 heterocycles. The van der Waals surface area contributed by atoms with Crippen LogP contribution in [0.2, 0.25) is 0 Å². The second-order valence-electron chi connectivity index (χ2n) is 3.13. The maximum absolute atomic E-state index is 11.4. The summed E-state index contributed by atoms with van der Waals surface area (Å²) in [7, 11) is 0. The third-order valence-corrected chi connectivity index (χ3v) is 3.11. The zero-order chi connectivity index (χ0) is 11.1. The number of halogens is 1. The molecule has 2 nitrogen and oxygen atoms in total. The number of carbonyl (C=O) groups is 1. The van der Waals surface area contributed by atoms with E-state index in [4.69, 9.17) is 11.6 Å². The molecule has 1 amide bonds. The van der Waals surface area contributed by atoms with Crippen molar-refractivity contribution in [2.24, 2.45) is 0 Å². The Labute approximate surface area is 99.4 Å². The topological polar surface area (TPSA) is 29.1 Å². The Bertz CT molecular complexity index is 305. The van der Waals surface area contributed by atoms with Gasteiger partial charge in [0.2, 0.25) is 5.91 Å². The van der Waals surface area contributed by atoms with Crippen LogP contribution in [0.15, 0.2) is 30.3 Å². The SMILES string of the molecule is CSCC(Cl)C(=O)NCc1ccccc1. The van der Waals surface area contributed by atoms with Gasteiger partial charge in [-0.15, -0.1) is 11.6 Å². The number of hydrogen-bond acceptors (Lipinski definition) is 2. The van der Waals surface area contributed by atoms with Crippen molar-refractivity contribution in [1.29, 1.82) is 0 Å². The van der Waals surface area contributed by atoms with Crippen LogP contribution in [0.4, 0.5) is 0 Å². The third-order valence-electron chi connectivity index (χ3n) is 1.91. The van der Waals surface area contributed by atoms with Crippen LogP contribution in [0.1, 0.15) is 5.56 Å². The average Bonchev–Trinajstić information content (AvgIpc) is 2.27. The first-order valence-corrected chi connectivity index (χ1v) is 6.51. The van der Waals surface area contributed by atoms with E-state index < -0.39 is 5.38 Å². The standard InChI is InChI=1S/C11H14ClNOS/c1-15-8-10(12)11(14)13-7-9-5-3-2-4-6-9/h2-6,10H,7-8H2,1H3,(H,13,14). The Morgan fingerprint density at radius 3 is 2.73 bits per heavy atom. The second kappa shape index (κ2) is 6.75. The van der Waals surface area contributed by atoms with E-state index in [1.54, 1.807) is 11.8 Å². The highest BCUT2D eigenvalue weighted by atomic mass is 35.5. The maximum Gasteiger partial charge on any atom is 0.239 e. The Kier molecular flexibility index (Phi) is 5.58. The average molecular weight is 244 g/mol. The maximum atomic E-state index is 11.4. The zero-order valence-corrected chi connectivity index (χ0v) is 10.1. The molecule has 0 aliphatic rings. The highest BCUT2D eigenvalue weighted by molar-refractivity contribution is 7.98. The molecule has 1 atom stereocenters. The van der Waals surface area contributed by atoms with Gasteiger partial charge < -0.3 is 5.32 Å². The molecule has 0 aliphatic heterocycles. The molecule has 1 aromatic rings. The number of amides is 1. The first-order valence-electron chi connectivity index (χ1n) is 4.68. The monoisotopic (exact) mass is 243 g/mol. The normalized spacial score (nSPS) is 12.1. The first-order chi connectivity index (χ1) is 7.24. The molecular weight excluding hydrogens is 230 g/mol. The number of alkyl halides is 1. The summed E-state index contributed by atoms with van der Waals surface area (Å²) in [5.74, 6) is 0.539. The quantitative estimate of drug-likeness (QED) is 0.804. The van der Waals surface area contributed by atoms with Crippen LogP contribution in [0.3, 0.4) is 0 Å². The number of carbonyl (C=O) groups excluding carboxylic acids is 1. The molecule has 0 saturated carbocycles. The van der Waals surface area contributed by atoms with Crippen molar-refractivity contribution in [2.45, 2.75) is 11.9 Å². The lowest BCUT2D eigenvalue weighted by atomic mass is 10.2. The van der Waals surface area contributed by atoms with E-state index in [0.29, 0.717) is 12.3 Å². The van der Waals surface area contributed by atoms with Gasteiger partial charge in [-0.1, -0.05) is 30.3 Å². The molecule has 0 bridgehead atoms. The van der Waals surface area contributed by atoms with E-state index >= 15 is 0 Å². The molecule has 4 heteroatoms. The van der Waals surface area contributed by atoms with Gasteiger partial charge >= 0.3 is 0 Å². The van der Waals surface area contributed by atoms with Crippen molar-refractivity contribution < 1.29 is 4.79 Å². The Morgan fingerprint density at radius 1 is 1.47 bits per heavy atom. The Balaban J connectivity index is 2.34. The smallest absolute Gasteiger partial charge is 0.239 e. The second-order valence-corrected chi connectivity index (χ2v) is 4.56. The van der Waals surface area contributed by atoms with Gasteiger partial charge in [-0.3, -0.25) is 4.79 Å². The fourth-order valence-corrected chi connectivity index (χ4v) is 2.02. The van der Waals surface area contributed by atoms with Gasteiger partial charge in [0.15, 0.2) is 0 Å². The van der Waals surface area contributed by atoms with Crippen LogP contribution in [0.5, 0.6) is 0 Å². The molecule has 0 fully saturated rings. The summed E-state index contributed by atoms with van der Waals surface area (Å²) >= 11 is 7.43. The number of benzene rings is 1. The van der Waals surface area contributed by atoms with Crippen LogP contribution in [0.25, 0.3) is 0 Å². The molecule has 0 aliphatic carbocycles. The van der Waals surface area contributed by atoms with Gasteiger partial charge in [0.1, 0.15) is 5.38 Å². The minimum Gasteiger partial charge on any atom is -0.351 e. The molecular formula is C11H14ClNOS. The third kappa shape index (κ3) is 4.58. The van der Waals surface area contributed by atoms with Crippen LogP contribution < -0.4 is 5.32 Å². The van der Waals surface area contributed by atoms with Gasteiger partial charge in [-0.05, 0) is 11.8 Å². The fraction of sp³-hybridized carbons (Fsp3) is 0.364. The first kappa shape index (κ1) is 12.4. The van der Waals surface area contributed by atoms with Gasteiger partial charge in [0.05, 0.1) is 0 Å². The Hall–Kier alpha value is -0.670. The minimum atomic E-state index is -0.441. The summed E-state index contributed by atoms with van der Waals surface area (Å²) < 4.78 is 0. The molecule has 0 radical (unpaired) electrons. The number of hydrogen-bond donors (Lipinski definition) is 1. The van der Waals surface area contributed by atoms with Gasteiger partial charge in [0, 0.05) is 12.3 Å². The molecule has 0 aromatic heterocycles. The van der Waals surface area contributed by atoms with Crippen molar-refractivity contribution in [3.63, 3.8) is 0 Å². The number of thioether (sulfide) groups is 1. The molecule has 0 saturated heterocycles. The van der Waals surface area contributed by atoms with E-state index in [0.717, 1.165) is 5.56 Å². The molecule has 1 unspecified atom stereocenters. The summed E-state index contributed by atoms with van der Waals surface area (Å²) in [6.45, 7) is 0.539. The highest BCUT2D eigenvalue weighted by Gasteiger charge is 2.13. The molecule has 15 heavy (non-hydrogen) atoms.